The second kappa shape index (κ2) is 11.0. The summed E-state index contributed by atoms with van der Waals surface area (Å²) in [6, 6.07) is 9.67. The van der Waals surface area contributed by atoms with Crippen LogP contribution in [0.4, 0.5) is 5.82 Å². The van der Waals surface area contributed by atoms with Crippen molar-refractivity contribution < 1.29 is 14.6 Å². The van der Waals surface area contributed by atoms with Gasteiger partial charge in [-0.15, -0.1) is 0 Å². The Bertz CT molecular complexity index is 1290. The fourth-order valence-corrected chi connectivity index (χ4v) is 6.16. The van der Waals surface area contributed by atoms with Gasteiger partial charge in [0.15, 0.2) is 0 Å². The first kappa shape index (κ1) is 25.3. The minimum absolute atomic E-state index is 0.0706. The van der Waals surface area contributed by atoms with Crippen molar-refractivity contribution in [2.75, 3.05) is 31.6 Å². The molecule has 0 amide bonds. The van der Waals surface area contributed by atoms with Crippen LogP contribution in [0.1, 0.15) is 61.9 Å². The Balaban J connectivity index is 1.02. The first-order valence-corrected chi connectivity index (χ1v) is 14.3. The summed E-state index contributed by atoms with van der Waals surface area (Å²) in [7, 11) is 0. The molecule has 0 bridgehead atoms. The van der Waals surface area contributed by atoms with Gasteiger partial charge in [0, 0.05) is 43.9 Å². The van der Waals surface area contributed by atoms with E-state index < -0.39 is 12.0 Å². The highest BCUT2D eigenvalue weighted by molar-refractivity contribution is 5.88. The second-order valence-electron chi connectivity index (χ2n) is 11.4. The first-order valence-electron chi connectivity index (χ1n) is 14.3. The predicted octanol–water partition coefficient (Wildman–Crippen LogP) is 4.68. The summed E-state index contributed by atoms with van der Waals surface area (Å²) in [6.07, 6.45) is 9.28. The monoisotopic (exact) mass is 517 g/mol. The molecule has 3 aliphatic rings. The number of nitrogens with one attached hydrogen (secondary N) is 1. The number of fused-ring (bicyclic) bond motifs is 2. The minimum atomic E-state index is -0.811. The number of carboxylic acid groups (broad SMARTS) is 1. The maximum atomic E-state index is 12.5. The fraction of sp³-hybridized carbons (Fsp3) is 0.567. The Morgan fingerprint density at radius 3 is 3.00 bits per heavy atom. The van der Waals surface area contributed by atoms with Gasteiger partial charge in [0.25, 0.3) is 0 Å². The maximum absolute atomic E-state index is 12.5. The summed E-state index contributed by atoms with van der Waals surface area (Å²) >= 11 is 0. The molecule has 1 saturated heterocycles. The summed E-state index contributed by atoms with van der Waals surface area (Å²) < 4.78 is 8.25. The maximum Gasteiger partial charge on any atom is 0.325 e. The van der Waals surface area contributed by atoms with Crippen LogP contribution in [-0.2, 0) is 28.9 Å². The van der Waals surface area contributed by atoms with Gasteiger partial charge in [0.05, 0.1) is 17.8 Å². The van der Waals surface area contributed by atoms with Crippen LogP contribution >= 0.6 is 0 Å². The number of carbonyl (C=O) groups is 1. The molecule has 2 aromatic heterocycles. The quantitative estimate of drug-likeness (QED) is 0.357. The van der Waals surface area contributed by atoms with Gasteiger partial charge in [-0.2, -0.15) is 5.10 Å². The molecule has 1 saturated carbocycles. The lowest BCUT2D eigenvalue weighted by molar-refractivity contribution is -0.143. The zero-order chi connectivity index (χ0) is 26.1. The number of likely N-dealkylation sites (tertiary alicyclic amines) is 1. The number of unbranched alkanes of at least 4 members (excludes halogenated alkanes) is 1. The number of ether oxygens (including phenoxy) is 1. The molecule has 8 heteroatoms. The highest BCUT2D eigenvalue weighted by Crippen LogP contribution is 2.40. The number of aliphatic carboxylic acids is 1. The third kappa shape index (κ3) is 5.43. The summed E-state index contributed by atoms with van der Waals surface area (Å²) in [6.45, 7) is 6.25. The number of carboxylic acids is 1. The zero-order valence-corrected chi connectivity index (χ0v) is 22.3. The highest BCUT2D eigenvalue weighted by atomic mass is 16.5. The van der Waals surface area contributed by atoms with Crippen molar-refractivity contribution in [3.05, 3.63) is 53.3 Å². The van der Waals surface area contributed by atoms with Crippen molar-refractivity contribution in [1.29, 1.82) is 0 Å². The van der Waals surface area contributed by atoms with Gasteiger partial charge in [-0.1, -0.05) is 25.1 Å². The number of aryl methyl sites for hydroxylation is 2. The van der Waals surface area contributed by atoms with Gasteiger partial charge >= 0.3 is 5.97 Å². The second-order valence-corrected chi connectivity index (χ2v) is 11.4. The average Bonchev–Trinajstić information content (AvgIpc) is 3.26. The van der Waals surface area contributed by atoms with Crippen molar-refractivity contribution in [3.8, 4) is 0 Å². The first-order chi connectivity index (χ1) is 18.6. The number of hydrogen-bond donors (Lipinski definition) is 2. The number of pyridine rings is 1. The summed E-state index contributed by atoms with van der Waals surface area (Å²) in [5, 5.41) is 19.2. The molecule has 1 aromatic carbocycles. The number of nitrogens with zero attached hydrogens (tertiary/aromatic N) is 4. The fourth-order valence-electron chi connectivity index (χ4n) is 6.16. The molecule has 1 aliphatic carbocycles. The zero-order valence-electron chi connectivity index (χ0n) is 22.3. The molecule has 8 nitrogen and oxygen atoms in total. The number of benzene rings is 1. The minimum Gasteiger partial charge on any atom is -0.480 e. The Morgan fingerprint density at radius 1 is 1.26 bits per heavy atom. The highest BCUT2D eigenvalue weighted by Gasteiger charge is 2.36. The van der Waals surface area contributed by atoms with Crippen molar-refractivity contribution in [1.82, 2.24) is 19.7 Å². The van der Waals surface area contributed by atoms with Gasteiger partial charge < -0.3 is 15.2 Å². The molecule has 0 spiro atoms. The van der Waals surface area contributed by atoms with E-state index in [0.717, 1.165) is 85.6 Å². The van der Waals surface area contributed by atoms with Crippen molar-refractivity contribution in [3.63, 3.8) is 0 Å². The molecule has 0 radical (unpaired) electrons. The Morgan fingerprint density at radius 2 is 2.16 bits per heavy atom. The van der Waals surface area contributed by atoms with Crippen molar-refractivity contribution in [2.45, 2.75) is 70.6 Å². The van der Waals surface area contributed by atoms with E-state index in [1.165, 1.54) is 18.4 Å². The van der Waals surface area contributed by atoms with E-state index >= 15 is 0 Å². The van der Waals surface area contributed by atoms with E-state index in [4.69, 9.17) is 9.72 Å². The molecule has 3 unspecified atom stereocenters. The predicted molar refractivity (Wildman–Crippen MR) is 147 cm³/mol. The van der Waals surface area contributed by atoms with E-state index in [9.17, 15) is 9.90 Å². The van der Waals surface area contributed by atoms with Gasteiger partial charge in [0.1, 0.15) is 11.9 Å². The van der Waals surface area contributed by atoms with Crippen molar-refractivity contribution >= 4 is 22.7 Å². The SMILES string of the molecule is CC1CC1Cn1ncc2c(C(C(=O)O)N3CC[C@@H](OCCCCc4ccc5c(n4)NCCC5)C3)cccc21. The topological polar surface area (TPSA) is 92.5 Å². The van der Waals surface area contributed by atoms with Crippen LogP contribution in [0.15, 0.2) is 36.5 Å². The number of anilines is 1. The number of aromatic nitrogens is 3. The summed E-state index contributed by atoms with van der Waals surface area (Å²) in [4.78, 5) is 19.3. The molecule has 2 aliphatic heterocycles. The van der Waals surface area contributed by atoms with E-state index in [1.54, 1.807) is 0 Å². The van der Waals surface area contributed by atoms with Crippen LogP contribution in [0.5, 0.6) is 0 Å². The largest absolute Gasteiger partial charge is 0.480 e. The molecule has 2 fully saturated rings. The van der Waals surface area contributed by atoms with Crippen LogP contribution < -0.4 is 5.32 Å². The van der Waals surface area contributed by atoms with Gasteiger partial charge in [-0.3, -0.25) is 14.4 Å². The standard InChI is InChI=1S/C30H39N5O3/c1-20-16-22(20)18-35-27-9-4-8-25(26(27)17-32-35)28(30(36)37)34-14-12-24(19-34)38-15-3-2-7-23-11-10-21-6-5-13-31-29(21)33-23/h4,8-11,17,20,22,24,28H,2-3,5-7,12-16,18-19H2,1H3,(H,31,33)(H,36,37)/t20?,22?,24-,28?/m1/s1. The third-order valence-electron chi connectivity index (χ3n) is 8.61. The third-order valence-corrected chi connectivity index (χ3v) is 8.61. The molecular weight excluding hydrogens is 478 g/mol. The average molecular weight is 518 g/mol. The smallest absolute Gasteiger partial charge is 0.325 e. The lowest BCUT2D eigenvalue weighted by Crippen LogP contribution is -2.33. The lowest BCUT2D eigenvalue weighted by Gasteiger charge is -2.25. The van der Waals surface area contributed by atoms with E-state index in [-0.39, 0.29) is 6.10 Å². The van der Waals surface area contributed by atoms with E-state index in [1.807, 2.05) is 18.3 Å². The summed E-state index contributed by atoms with van der Waals surface area (Å²) in [5.74, 6) is 1.68. The molecule has 4 heterocycles. The summed E-state index contributed by atoms with van der Waals surface area (Å²) in [5.41, 5.74) is 4.33. The Kier molecular flexibility index (Phi) is 7.34. The van der Waals surface area contributed by atoms with Gasteiger partial charge in [-0.05, 0) is 80.0 Å². The van der Waals surface area contributed by atoms with Crippen LogP contribution in [0.3, 0.4) is 0 Å². The molecular formula is C30H39N5O3. The number of hydrogen-bond acceptors (Lipinski definition) is 6. The molecule has 4 atom stereocenters. The van der Waals surface area contributed by atoms with Crippen LogP contribution in [0, 0.1) is 11.8 Å². The molecule has 6 rings (SSSR count). The lowest BCUT2D eigenvalue weighted by atomic mass is 10.0. The molecule has 202 valence electrons. The van der Waals surface area contributed by atoms with Gasteiger partial charge in [-0.25, -0.2) is 4.98 Å². The van der Waals surface area contributed by atoms with Crippen LogP contribution in [-0.4, -0.2) is 63.1 Å². The Labute approximate surface area is 224 Å². The normalized spacial score (nSPS) is 23.8. The van der Waals surface area contributed by atoms with Crippen LogP contribution in [0.25, 0.3) is 10.9 Å². The molecule has 2 N–H and O–H groups in total. The van der Waals surface area contributed by atoms with E-state index in [0.29, 0.717) is 19.1 Å². The van der Waals surface area contributed by atoms with Gasteiger partial charge in [0.2, 0.25) is 0 Å². The molecule has 3 aromatic rings. The molecule has 38 heavy (non-hydrogen) atoms. The van der Waals surface area contributed by atoms with Crippen LogP contribution in [0.2, 0.25) is 0 Å². The van der Waals surface area contributed by atoms with E-state index in [2.05, 4.69) is 45.1 Å². The van der Waals surface area contributed by atoms with Crippen molar-refractivity contribution in [2.24, 2.45) is 11.8 Å². The Hall–Kier alpha value is -2.97. The number of rotatable bonds is 11.